The van der Waals surface area contributed by atoms with Gasteiger partial charge in [-0.05, 0) is 18.4 Å². The van der Waals surface area contributed by atoms with Gasteiger partial charge in [0.2, 0.25) is 0 Å². The molecular formula is C11H21NO8S. The van der Waals surface area contributed by atoms with Crippen LogP contribution in [0.25, 0.3) is 0 Å². The van der Waals surface area contributed by atoms with Crippen molar-refractivity contribution in [1.82, 2.24) is 5.32 Å². The van der Waals surface area contributed by atoms with Crippen LogP contribution in [0.5, 0.6) is 0 Å². The minimum Gasteiger partial charge on any atom is -0.480 e. The van der Waals surface area contributed by atoms with Crippen molar-refractivity contribution in [2.24, 2.45) is 0 Å². The molecule has 10 heteroatoms. The molecule has 0 aliphatic rings. The number of carbonyl (C=O) groups excluding carboxylic acids is 1. The Balaban J connectivity index is 4.64. The van der Waals surface area contributed by atoms with Crippen molar-refractivity contribution in [3.05, 3.63) is 0 Å². The highest BCUT2D eigenvalue weighted by molar-refractivity contribution is 7.98. The van der Waals surface area contributed by atoms with Gasteiger partial charge in [-0.2, -0.15) is 11.8 Å². The highest BCUT2D eigenvalue weighted by Gasteiger charge is 2.35. The van der Waals surface area contributed by atoms with E-state index in [0.717, 1.165) is 0 Å². The number of thioether (sulfide) groups is 1. The highest BCUT2D eigenvalue weighted by atomic mass is 32.2. The molecule has 0 aromatic rings. The van der Waals surface area contributed by atoms with Gasteiger partial charge in [0.25, 0.3) is 5.91 Å². The summed E-state index contributed by atoms with van der Waals surface area (Å²) in [7, 11) is 0. The second kappa shape index (κ2) is 9.92. The number of nitrogens with one attached hydrogen (secondary N) is 1. The number of aliphatic hydroxyl groups is 5. The Morgan fingerprint density at radius 1 is 1.14 bits per heavy atom. The van der Waals surface area contributed by atoms with Gasteiger partial charge in [0.05, 0.1) is 6.61 Å². The summed E-state index contributed by atoms with van der Waals surface area (Å²) in [5.41, 5.74) is 0. The lowest BCUT2D eigenvalue weighted by Crippen LogP contribution is -2.54. The van der Waals surface area contributed by atoms with Gasteiger partial charge >= 0.3 is 5.97 Å². The summed E-state index contributed by atoms with van der Waals surface area (Å²) in [6, 6.07) is -1.24. The second-order valence-corrected chi connectivity index (χ2v) is 5.34. The molecule has 0 saturated heterocycles. The summed E-state index contributed by atoms with van der Waals surface area (Å²) in [6.07, 6.45) is -6.03. The van der Waals surface area contributed by atoms with Gasteiger partial charge in [-0.1, -0.05) is 0 Å². The second-order valence-electron chi connectivity index (χ2n) is 4.36. The maximum Gasteiger partial charge on any atom is 0.326 e. The molecule has 0 saturated carbocycles. The molecule has 7 N–H and O–H groups in total. The first-order valence-electron chi connectivity index (χ1n) is 6.11. The maximum atomic E-state index is 11.6. The molecule has 1 amide bonds. The van der Waals surface area contributed by atoms with Crippen molar-refractivity contribution in [3.63, 3.8) is 0 Å². The van der Waals surface area contributed by atoms with Crippen molar-refractivity contribution in [1.29, 1.82) is 0 Å². The number of amides is 1. The van der Waals surface area contributed by atoms with Crippen molar-refractivity contribution in [3.8, 4) is 0 Å². The molecule has 5 atom stereocenters. The Labute approximate surface area is 125 Å². The third-order valence-corrected chi connectivity index (χ3v) is 3.39. The third kappa shape index (κ3) is 6.59. The quantitative estimate of drug-likeness (QED) is 0.218. The molecule has 0 aromatic heterocycles. The molecule has 21 heavy (non-hydrogen) atoms. The fourth-order valence-corrected chi connectivity index (χ4v) is 1.90. The number of hydrogen-bond acceptors (Lipinski definition) is 8. The summed E-state index contributed by atoms with van der Waals surface area (Å²) in [5.74, 6) is -2.03. The van der Waals surface area contributed by atoms with Gasteiger partial charge in [0, 0.05) is 0 Å². The average molecular weight is 327 g/mol. The van der Waals surface area contributed by atoms with Crippen LogP contribution >= 0.6 is 11.8 Å². The van der Waals surface area contributed by atoms with Crippen molar-refractivity contribution < 1.29 is 40.2 Å². The predicted molar refractivity (Wildman–Crippen MR) is 73.7 cm³/mol. The van der Waals surface area contributed by atoms with Gasteiger partial charge in [-0.25, -0.2) is 4.79 Å². The normalized spacial score (nSPS) is 18.4. The Morgan fingerprint density at radius 2 is 1.71 bits per heavy atom. The van der Waals surface area contributed by atoms with E-state index in [1.54, 1.807) is 6.26 Å². The zero-order chi connectivity index (χ0) is 16.6. The third-order valence-electron chi connectivity index (χ3n) is 2.75. The topological polar surface area (TPSA) is 168 Å². The van der Waals surface area contributed by atoms with E-state index < -0.39 is 48.9 Å². The van der Waals surface area contributed by atoms with E-state index in [1.807, 2.05) is 5.32 Å². The lowest BCUT2D eigenvalue weighted by Gasteiger charge is -2.25. The number of carboxylic acid groups (broad SMARTS) is 1. The van der Waals surface area contributed by atoms with Crippen LogP contribution in [0.3, 0.4) is 0 Å². The van der Waals surface area contributed by atoms with Crippen molar-refractivity contribution in [2.75, 3.05) is 18.6 Å². The summed E-state index contributed by atoms with van der Waals surface area (Å²) < 4.78 is 0. The number of aliphatic carboxylic acids is 1. The highest BCUT2D eigenvalue weighted by Crippen LogP contribution is 2.07. The maximum absolute atomic E-state index is 11.6. The van der Waals surface area contributed by atoms with Gasteiger partial charge in [-0.15, -0.1) is 0 Å². The summed E-state index contributed by atoms with van der Waals surface area (Å²) in [4.78, 5) is 22.6. The van der Waals surface area contributed by atoms with E-state index in [4.69, 9.17) is 15.3 Å². The van der Waals surface area contributed by atoms with Crippen LogP contribution in [0.4, 0.5) is 0 Å². The standard InChI is InChI=1S/C11H21NO8S/c1-21-3-2-5(11(19)20)12-10(18)9(17)8(16)7(15)6(14)4-13/h5-9,13-17H,2-4H2,1H3,(H,12,18)(H,19,20)/t5-,6-,7-,8+,9+/m0/s1. The van der Waals surface area contributed by atoms with Crippen LogP contribution < -0.4 is 5.32 Å². The van der Waals surface area contributed by atoms with E-state index in [1.165, 1.54) is 11.8 Å². The number of carboxylic acids is 1. The summed E-state index contributed by atoms with van der Waals surface area (Å²) in [6.45, 7) is -0.877. The van der Waals surface area contributed by atoms with Gasteiger partial charge in [-0.3, -0.25) is 4.79 Å². The summed E-state index contributed by atoms with van der Waals surface area (Å²) in [5, 5.41) is 57.1. The average Bonchev–Trinajstić information content (AvgIpc) is 2.47. The van der Waals surface area contributed by atoms with Crippen LogP contribution in [-0.2, 0) is 9.59 Å². The largest absolute Gasteiger partial charge is 0.480 e. The molecule has 124 valence electrons. The first kappa shape index (κ1) is 20.1. The molecule has 0 aliphatic carbocycles. The molecule has 9 nitrogen and oxygen atoms in total. The Bertz CT molecular complexity index is 342. The number of rotatable bonds is 10. The lowest BCUT2D eigenvalue weighted by atomic mass is 10.0. The Kier molecular flexibility index (Phi) is 9.49. The SMILES string of the molecule is CSCC[C@H](NC(=O)[C@H](O)[C@H](O)[C@@H](O)[C@@H](O)CO)C(=O)O. The van der Waals surface area contributed by atoms with E-state index in [-0.39, 0.29) is 6.42 Å². The monoisotopic (exact) mass is 327 g/mol. The zero-order valence-corrected chi connectivity index (χ0v) is 12.2. The van der Waals surface area contributed by atoms with Gasteiger partial charge < -0.3 is 36.0 Å². The van der Waals surface area contributed by atoms with Crippen LogP contribution in [0, 0.1) is 0 Å². The Hall–Kier alpha value is -0.910. The van der Waals surface area contributed by atoms with E-state index >= 15 is 0 Å². The molecule has 0 rings (SSSR count). The number of carbonyl (C=O) groups is 2. The van der Waals surface area contributed by atoms with Crippen LogP contribution in [0.2, 0.25) is 0 Å². The number of aliphatic hydroxyl groups excluding tert-OH is 5. The minimum atomic E-state index is -2.14. The van der Waals surface area contributed by atoms with Crippen molar-refractivity contribution in [2.45, 2.75) is 36.9 Å². The first-order valence-corrected chi connectivity index (χ1v) is 7.50. The minimum absolute atomic E-state index is 0.118. The first-order chi connectivity index (χ1) is 9.76. The predicted octanol–water partition coefficient (Wildman–Crippen LogP) is -3.26. The summed E-state index contributed by atoms with van der Waals surface area (Å²) >= 11 is 1.37. The van der Waals surface area contributed by atoms with E-state index in [2.05, 4.69) is 0 Å². The molecule has 0 aliphatic heterocycles. The molecule has 0 unspecified atom stereocenters. The van der Waals surface area contributed by atoms with Crippen molar-refractivity contribution >= 4 is 23.6 Å². The lowest BCUT2D eigenvalue weighted by molar-refractivity contribution is -0.153. The van der Waals surface area contributed by atoms with Gasteiger partial charge in [0.15, 0.2) is 6.10 Å². The van der Waals surface area contributed by atoms with Gasteiger partial charge in [0.1, 0.15) is 24.4 Å². The van der Waals surface area contributed by atoms with Crippen LogP contribution in [0.1, 0.15) is 6.42 Å². The van der Waals surface area contributed by atoms with E-state index in [9.17, 15) is 24.9 Å². The molecule has 0 heterocycles. The fourth-order valence-electron chi connectivity index (χ4n) is 1.43. The molecule has 0 fully saturated rings. The van der Waals surface area contributed by atoms with Crippen LogP contribution in [-0.4, -0.2) is 91.6 Å². The molecule has 0 bridgehead atoms. The Morgan fingerprint density at radius 3 is 2.14 bits per heavy atom. The smallest absolute Gasteiger partial charge is 0.326 e. The zero-order valence-electron chi connectivity index (χ0n) is 11.4. The van der Waals surface area contributed by atoms with Crippen LogP contribution in [0.15, 0.2) is 0 Å². The molecule has 0 aromatic carbocycles. The molecule has 0 spiro atoms. The molecule has 0 radical (unpaired) electrons. The fraction of sp³-hybridized carbons (Fsp3) is 0.818. The van der Waals surface area contributed by atoms with E-state index in [0.29, 0.717) is 5.75 Å². The number of hydrogen-bond donors (Lipinski definition) is 7. The molecular weight excluding hydrogens is 306 g/mol.